The third kappa shape index (κ3) is 4.01. The van der Waals surface area contributed by atoms with Crippen molar-refractivity contribution in [2.75, 3.05) is 39.3 Å². The van der Waals surface area contributed by atoms with Gasteiger partial charge in [0.05, 0.1) is 11.1 Å². The number of hydrogen-bond acceptors (Lipinski definition) is 4. The lowest BCUT2D eigenvalue weighted by Crippen LogP contribution is -2.48. The molecule has 6 heteroatoms. The molecule has 0 N–H and O–H groups in total. The zero-order chi connectivity index (χ0) is 22.9. The molecule has 2 aliphatic rings. The Hall–Kier alpha value is -3.22. The molecule has 0 radical (unpaired) electrons. The Balaban J connectivity index is 1.21. The first-order valence-electron chi connectivity index (χ1n) is 11.7. The van der Waals surface area contributed by atoms with E-state index in [1.165, 1.54) is 10.5 Å². The van der Waals surface area contributed by atoms with Crippen LogP contribution in [0.15, 0.2) is 60.7 Å². The highest BCUT2D eigenvalue weighted by molar-refractivity contribution is 6.22. The van der Waals surface area contributed by atoms with Crippen LogP contribution in [0.1, 0.15) is 37.7 Å². The number of hydrogen-bond donors (Lipinski definition) is 0. The number of nitrogens with zero attached hydrogens (tertiary/aromatic N) is 4. The Kier molecular flexibility index (Phi) is 5.87. The van der Waals surface area contributed by atoms with E-state index in [4.69, 9.17) is 0 Å². The first-order chi connectivity index (χ1) is 16.0. The first kappa shape index (κ1) is 21.6. The van der Waals surface area contributed by atoms with Gasteiger partial charge in [0, 0.05) is 62.9 Å². The molecule has 3 aromatic rings. The van der Waals surface area contributed by atoms with Crippen LogP contribution in [-0.4, -0.2) is 70.3 Å². The lowest BCUT2D eigenvalue weighted by molar-refractivity contribution is 0.0611. The fourth-order valence-corrected chi connectivity index (χ4v) is 5.14. The summed E-state index contributed by atoms with van der Waals surface area (Å²) in [6.07, 6.45) is 0. The second-order valence-corrected chi connectivity index (χ2v) is 8.96. The van der Waals surface area contributed by atoms with Crippen molar-refractivity contribution in [1.29, 1.82) is 0 Å². The number of rotatable bonds is 6. The van der Waals surface area contributed by atoms with Gasteiger partial charge >= 0.3 is 0 Å². The van der Waals surface area contributed by atoms with Gasteiger partial charge in [-0.2, -0.15) is 0 Å². The van der Waals surface area contributed by atoms with Crippen LogP contribution in [0.2, 0.25) is 0 Å². The van der Waals surface area contributed by atoms with Crippen LogP contribution in [0.3, 0.4) is 0 Å². The summed E-state index contributed by atoms with van der Waals surface area (Å²) in [6.45, 7) is 9.89. The molecule has 1 fully saturated rings. The largest absolute Gasteiger partial charge is 0.317 e. The molecule has 2 amide bonds. The number of carbonyl (C=O) groups excluding carboxylic acids is 2. The summed E-state index contributed by atoms with van der Waals surface area (Å²) >= 11 is 0. The van der Waals surface area contributed by atoms with Gasteiger partial charge in [0.2, 0.25) is 0 Å². The number of imide groups is 1. The van der Waals surface area contributed by atoms with Gasteiger partial charge in [-0.15, -0.1) is 0 Å². The van der Waals surface area contributed by atoms with Crippen molar-refractivity contribution < 1.29 is 9.59 Å². The van der Waals surface area contributed by atoms with E-state index >= 15 is 0 Å². The van der Waals surface area contributed by atoms with Crippen LogP contribution >= 0.6 is 0 Å². The molecule has 5 rings (SSSR count). The second-order valence-electron chi connectivity index (χ2n) is 8.96. The van der Waals surface area contributed by atoms with Crippen molar-refractivity contribution in [1.82, 2.24) is 19.3 Å². The molecule has 3 heterocycles. The third-order valence-electron chi connectivity index (χ3n) is 6.93. The van der Waals surface area contributed by atoms with Crippen LogP contribution in [0.25, 0.3) is 5.69 Å². The molecule has 33 heavy (non-hydrogen) atoms. The number of benzene rings is 2. The van der Waals surface area contributed by atoms with Gasteiger partial charge in [0.15, 0.2) is 0 Å². The average molecular weight is 443 g/mol. The van der Waals surface area contributed by atoms with E-state index in [2.05, 4.69) is 34.1 Å². The fourth-order valence-electron chi connectivity index (χ4n) is 5.14. The second kappa shape index (κ2) is 8.96. The number of amides is 2. The van der Waals surface area contributed by atoms with Crippen molar-refractivity contribution in [3.05, 3.63) is 88.7 Å². The van der Waals surface area contributed by atoms with Gasteiger partial charge in [-0.1, -0.05) is 48.5 Å². The Morgan fingerprint density at radius 1 is 0.667 bits per heavy atom. The van der Waals surface area contributed by atoms with Crippen LogP contribution in [0.4, 0.5) is 0 Å². The van der Waals surface area contributed by atoms with Gasteiger partial charge in [-0.05, 0) is 31.5 Å². The van der Waals surface area contributed by atoms with E-state index in [9.17, 15) is 9.59 Å². The maximum Gasteiger partial charge on any atom is 0.263 e. The van der Waals surface area contributed by atoms with Gasteiger partial charge in [0.25, 0.3) is 11.8 Å². The molecule has 0 unspecified atom stereocenters. The average Bonchev–Trinajstić information content (AvgIpc) is 3.25. The minimum atomic E-state index is -0.159. The quantitative estimate of drug-likeness (QED) is 0.548. The highest BCUT2D eigenvalue weighted by Crippen LogP contribution is 2.33. The van der Waals surface area contributed by atoms with Crippen LogP contribution < -0.4 is 0 Å². The van der Waals surface area contributed by atoms with Crippen LogP contribution in [-0.2, 0) is 6.54 Å². The van der Waals surface area contributed by atoms with Crippen molar-refractivity contribution >= 4 is 11.8 Å². The molecular formula is C27H30N4O2. The molecule has 0 spiro atoms. The SMILES string of the molecule is Cc1c2c(c(C)n1-c1ccccc1)C(=O)N(CCN1CCN(Cc3ccccc3)CC1)C2=O. The monoisotopic (exact) mass is 442 g/mol. The number of aromatic nitrogens is 1. The summed E-state index contributed by atoms with van der Waals surface area (Å²) in [4.78, 5) is 32.7. The van der Waals surface area contributed by atoms with E-state index in [-0.39, 0.29) is 11.8 Å². The predicted molar refractivity (Wildman–Crippen MR) is 129 cm³/mol. The summed E-state index contributed by atoms with van der Waals surface area (Å²) in [5.41, 5.74) is 5.11. The molecule has 0 saturated carbocycles. The molecule has 0 bridgehead atoms. The number of carbonyl (C=O) groups is 2. The zero-order valence-corrected chi connectivity index (χ0v) is 19.3. The number of fused-ring (bicyclic) bond motifs is 1. The molecule has 6 nitrogen and oxygen atoms in total. The molecule has 0 aliphatic carbocycles. The standard InChI is InChI=1S/C27H30N4O2/c1-20-24-25(21(2)31(20)23-11-7-4-8-12-23)27(33)30(26(24)32)18-17-28-13-15-29(16-14-28)19-22-9-5-3-6-10-22/h3-12H,13-19H2,1-2H3. The fraction of sp³-hybridized carbons (Fsp3) is 0.333. The minimum absolute atomic E-state index is 0.159. The van der Waals surface area contributed by atoms with E-state index in [1.54, 1.807) is 0 Å². The maximum atomic E-state index is 13.2. The Bertz CT molecular complexity index is 1120. The molecule has 1 saturated heterocycles. The number of para-hydroxylation sites is 1. The highest BCUT2D eigenvalue weighted by Gasteiger charge is 2.41. The topological polar surface area (TPSA) is 48.8 Å². The third-order valence-corrected chi connectivity index (χ3v) is 6.93. The lowest BCUT2D eigenvalue weighted by Gasteiger charge is -2.35. The molecule has 2 aromatic carbocycles. The van der Waals surface area contributed by atoms with Crippen molar-refractivity contribution in [3.8, 4) is 5.69 Å². The normalized spacial score (nSPS) is 17.1. The van der Waals surface area contributed by atoms with Crippen molar-refractivity contribution in [3.63, 3.8) is 0 Å². The smallest absolute Gasteiger partial charge is 0.263 e. The van der Waals surface area contributed by atoms with E-state index < -0.39 is 0 Å². The van der Waals surface area contributed by atoms with Crippen LogP contribution in [0, 0.1) is 13.8 Å². The summed E-state index contributed by atoms with van der Waals surface area (Å²) < 4.78 is 2.02. The van der Waals surface area contributed by atoms with Gasteiger partial charge in [-0.25, -0.2) is 0 Å². The first-order valence-corrected chi connectivity index (χ1v) is 11.7. The lowest BCUT2D eigenvalue weighted by atomic mass is 10.1. The Morgan fingerprint density at radius 3 is 1.76 bits per heavy atom. The van der Waals surface area contributed by atoms with E-state index in [1.807, 2.05) is 54.8 Å². The summed E-state index contributed by atoms with van der Waals surface area (Å²) in [7, 11) is 0. The van der Waals surface area contributed by atoms with Crippen molar-refractivity contribution in [2.24, 2.45) is 0 Å². The van der Waals surface area contributed by atoms with Crippen LogP contribution in [0.5, 0.6) is 0 Å². The number of piperazine rings is 1. The van der Waals surface area contributed by atoms with Gasteiger partial charge in [0.1, 0.15) is 0 Å². The van der Waals surface area contributed by atoms with Crippen molar-refractivity contribution in [2.45, 2.75) is 20.4 Å². The maximum absolute atomic E-state index is 13.2. The molecule has 1 aromatic heterocycles. The van der Waals surface area contributed by atoms with Gasteiger partial charge < -0.3 is 4.57 Å². The molecular weight excluding hydrogens is 412 g/mol. The van der Waals surface area contributed by atoms with Gasteiger partial charge in [-0.3, -0.25) is 24.3 Å². The summed E-state index contributed by atoms with van der Waals surface area (Å²) in [6, 6.07) is 20.4. The highest BCUT2D eigenvalue weighted by atomic mass is 16.2. The Morgan fingerprint density at radius 2 is 1.18 bits per heavy atom. The molecule has 170 valence electrons. The van der Waals surface area contributed by atoms with E-state index in [0.29, 0.717) is 17.7 Å². The zero-order valence-electron chi connectivity index (χ0n) is 19.3. The Labute approximate surface area is 195 Å². The minimum Gasteiger partial charge on any atom is -0.317 e. The molecule has 0 atom stereocenters. The summed E-state index contributed by atoms with van der Waals surface area (Å²) in [5, 5.41) is 0. The summed E-state index contributed by atoms with van der Waals surface area (Å²) in [5.74, 6) is -0.319. The molecule has 2 aliphatic heterocycles. The van der Waals surface area contributed by atoms with E-state index in [0.717, 1.165) is 56.3 Å². The predicted octanol–water partition coefficient (Wildman–Crippen LogP) is 3.51.